The van der Waals surface area contributed by atoms with Crippen molar-refractivity contribution in [3.63, 3.8) is 0 Å². The van der Waals surface area contributed by atoms with Gasteiger partial charge in [-0.25, -0.2) is 4.79 Å². The Kier molecular flexibility index (Phi) is 4.84. The average Bonchev–Trinajstić information content (AvgIpc) is 3.00. The van der Waals surface area contributed by atoms with Crippen LogP contribution >= 0.6 is 12.4 Å². The summed E-state index contributed by atoms with van der Waals surface area (Å²) in [4.78, 5) is 13.1. The molecule has 30 heavy (non-hydrogen) atoms. The SMILES string of the molecule is CCNCc1cccc2c1C(=O)OC21c2ccc(O)cc2Oc2cc(O)ccc21.Cl. The molecule has 0 unspecified atom stereocenters. The van der Waals surface area contributed by atoms with Gasteiger partial charge in [0, 0.05) is 35.4 Å². The summed E-state index contributed by atoms with van der Waals surface area (Å²) in [6, 6.07) is 15.2. The maximum absolute atomic E-state index is 13.1. The van der Waals surface area contributed by atoms with Crippen molar-refractivity contribution in [3.8, 4) is 23.0 Å². The number of aromatic hydroxyl groups is 2. The second-order valence-electron chi connectivity index (χ2n) is 7.15. The first-order valence-electron chi connectivity index (χ1n) is 9.46. The third-order valence-electron chi connectivity index (χ3n) is 5.45. The van der Waals surface area contributed by atoms with Gasteiger partial charge in [-0.3, -0.25) is 0 Å². The van der Waals surface area contributed by atoms with E-state index < -0.39 is 11.6 Å². The quantitative estimate of drug-likeness (QED) is 0.545. The molecule has 0 saturated carbocycles. The zero-order valence-corrected chi connectivity index (χ0v) is 17.0. The van der Waals surface area contributed by atoms with Crippen LogP contribution in [0.3, 0.4) is 0 Å². The van der Waals surface area contributed by atoms with Crippen molar-refractivity contribution in [2.24, 2.45) is 0 Å². The standard InChI is InChI=1S/C23H19NO5.ClH/c1-2-24-12-13-4-3-5-18-21(13)22(27)29-23(18)16-8-6-14(25)10-19(16)28-20-11-15(26)7-9-17(20)23;/h3-11,24-26H,2,12H2,1H3;1H. The lowest BCUT2D eigenvalue weighted by Gasteiger charge is -2.36. The van der Waals surface area contributed by atoms with Crippen LogP contribution < -0.4 is 10.1 Å². The Hall–Kier alpha value is -3.22. The van der Waals surface area contributed by atoms with Crippen molar-refractivity contribution < 1.29 is 24.5 Å². The zero-order valence-electron chi connectivity index (χ0n) is 16.1. The number of esters is 1. The van der Waals surface area contributed by atoms with E-state index in [4.69, 9.17) is 9.47 Å². The lowest BCUT2D eigenvalue weighted by Crippen LogP contribution is -2.32. The fourth-order valence-corrected chi connectivity index (χ4v) is 4.22. The predicted molar refractivity (Wildman–Crippen MR) is 113 cm³/mol. The van der Waals surface area contributed by atoms with Crippen LogP contribution in [0.1, 0.15) is 39.5 Å². The Morgan fingerprint density at radius 2 is 1.57 bits per heavy atom. The van der Waals surface area contributed by atoms with Crippen LogP contribution in [0.4, 0.5) is 0 Å². The van der Waals surface area contributed by atoms with E-state index in [1.54, 1.807) is 24.3 Å². The van der Waals surface area contributed by atoms with Gasteiger partial charge in [-0.2, -0.15) is 0 Å². The molecule has 5 rings (SSSR count). The molecule has 3 N–H and O–H groups in total. The van der Waals surface area contributed by atoms with E-state index in [2.05, 4.69) is 5.32 Å². The van der Waals surface area contributed by atoms with Gasteiger partial charge in [-0.1, -0.05) is 25.1 Å². The maximum Gasteiger partial charge on any atom is 0.340 e. The van der Waals surface area contributed by atoms with Crippen molar-refractivity contribution >= 4 is 18.4 Å². The van der Waals surface area contributed by atoms with E-state index in [0.717, 1.165) is 17.7 Å². The Bertz CT molecular complexity index is 1110. The van der Waals surface area contributed by atoms with Crippen molar-refractivity contribution in [2.75, 3.05) is 6.54 Å². The number of hydrogen-bond acceptors (Lipinski definition) is 6. The highest BCUT2D eigenvalue weighted by molar-refractivity contribution is 5.98. The van der Waals surface area contributed by atoms with Gasteiger partial charge in [0.1, 0.15) is 23.0 Å². The number of phenolic OH excluding ortho intramolecular Hbond substituents is 2. The fourth-order valence-electron chi connectivity index (χ4n) is 4.22. The molecule has 1 spiro atoms. The molecule has 2 aliphatic rings. The van der Waals surface area contributed by atoms with Gasteiger partial charge < -0.3 is 25.0 Å². The summed E-state index contributed by atoms with van der Waals surface area (Å²) in [5.41, 5.74) is 2.16. The number of ether oxygens (including phenoxy) is 2. The smallest absolute Gasteiger partial charge is 0.340 e. The molecule has 0 saturated heterocycles. The molecule has 0 amide bonds. The number of nitrogens with one attached hydrogen (secondary N) is 1. The number of fused-ring (bicyclic) bond motifs is 6. The van der Waals surface area contributed by atoms with Crippen LogP contribution in [0.5, 0.6) is 23.0 Å². The zero-order chi connectivity index (χ0) is 20.2. The number of halogens is 1. The second kappa shape index (κ2) is 7.23. The fraction of sp³-hybridized carbons (Fsp3) is 0.174. The third-order valence-corrected chi connectivity index (χ3v) is 5.45. The molecule has 0 bridgehead atoms. The van der Waals surface area contributed by atoms with Gasteiger partial charge >= 0.3 is 5.97 Å². The molecule has 0 aromatic heterocycles. The monoisotopic (exact) mass is 425 g/mol. The van der Waals surface area contributed by atoms with Gasteiger partial charge in [0.2, 0.25) is 0 Å². The maximum atomic E-state index is 13.1. The van der Waals surface area contributed by atoms with E-state index >= 15 is 0 Å². The summed E-state index contributed by atoms with van der Waals surface area (Å²) >= 11 is 0. The van der Waals surface area contributed by atoms with E-state index in [0.29, 0.717) is 34.7 Å². The van der Waals surface area contributed by atoms with Crippen molar-refractivity contribution in [1.29, 1.82) is 0 Å². The molecular formula is C23H20ClNO5. The van der Waals surface area contributed by atoms with Crippen LogP contribution in [0, 0.1) is 0 Å². The summed E-state index contributed by atoms with van der Waals surface area (Å²) < 4.78 is 12.1. The first-order chi connectivity index (χ1) is 14.0. The Morgan fingerprint density at radius 1 is 0.933 bits per heavy atom. The highest BCUT2D eigenvalue weighted by Gasteiger charge is 2.54. The Morgan fingerprint density at radius 3 is 2.17 bits per heavy atom. The molecule has 7 heteroatoms. The number of carbonyl (C=O) groups is 1. The summed E-state index contributed by atoms with van der Waals surface area (Å²) in [6.45, 7) is 3.33. The highest BCUT2D eigenvalue weighted by Crippen LogP contribution is 2.57. The molecule has 0 radical (unpaired) electrons. The largest absolute Gasteiger partial charge is 0.508 e. The molecule has 0 fully saturated rings. The van der Waals surface area contributed by atoms with Gasteiger partial charge in [0.25, 0.3) is 0 Å². The summed E-state index contributed by atoms with van der Waals surface area (Å²) in [5, 5.41) is 23.2. The summed E-state index contributed by atoms with van der Waals surface area (Å²) in [6.07, 6.45) is 0. The van der Waals surface area contributed by atoms with Gasteiger partial charge in [-0.05, 0) is 36.4 Å². The molecule has 2 aliphatic heterocycles. The van der Waals surface area contributed by atoms with Crippen LogP contribution in [-0.4, -0.2) is 22.7 Å². The number of phenols is 2. The first kappa shape index (κ1) is 20.1. The van der Waals surface area contributed by atoms with Gasteiger partial charge in [0.05, 0.1) is 5.56 Å². The van der Waals surface area contributed by atoms with Crippen LogP contribution in [-0.2, 0) is 16.9 Å². The number of carbonyl (C=O) groups excluding carboxylic acids is 1. The van der Waals surface area contributed by atoms with Gasteiger partial charge in [-0.15, -0.1) is 12.4 Å². The normalized spacial score (nSPS) is 14.8. The second-order valence-corrected chi connectivity index (χ2v) is 7.15. The van der Waals surface area contributed by atoms with E-state index in [9.17, 15) is 15.0 Å². The molecule has 3 aromatic carbocycles. The third kappa shape index (κ3) is 2.72. The minimum atomic E-state index is -1.21. The Labute approximate surface area is 179 Å². The van der Waals surface area contributed by atoms with Crippen molar-refractivity contribution in [2.45, 2.75) is 19.1 Å². The molecule has 2 heterocycles. The molecule has 3 aromatic rings. The minimum Gasteiger partial charge on any atom is -0.508 e. The van der Waals surface area contributed by atoms with Crippen molar-refractivity contribution in [1.82, 2.24) is 5.32 Å². The van der Waals surface area contributed by atoms with Gasteiger partial charge in [0.15, 0.2) is 5.60 Å². The van der Waals surface area contributed by atoms with Crippen LogP contribution in [0.15, 0.2) is 54.6 Å². The summed E-state index contributed by atoms with van der Waals surface area (Å²) in [5.74, 6) is 0.413. The number of benzene rings is 3. The molecule has 0 aliphatic carbocycles. The number of rotatable bonds is 3. The summed E-state index contributed by atoms with van der Waals surface area (Å²) in [7, 11) is 0. The first-order valence-corrected chi connectivity index (χ1v) is 9.46. The Balaban J connectivity index is 0.00000218. The van der Waals surface area contributed by atoms with Crippen LogP contribution in [0.25, 0.3) is 0 Å². The lowest BCUT2D eigenvalue weighted by atomic mass is 9.77. The lowest BCUT2D eigenvalue weighted by molar-refractivity contribution is 0.0223. The topological polar surface area (TPSA) is 88.0 Å². The highest BCUT2D eigenvalue weighted by atomic mass is 35.5. The van der Waals surface area contributed by atoms with Crippen molar-refractivity contribution in [3.05, 3.63) is 82.4 Å². The van der Waals surface area contributed by atoms with E-state index in [-0.39, 0.29) is 23.9 Å². The molecule has 6 nitrogen and oxygen atoms in total. The van der Waals surface area contributed by atoms with Crippen LogP contribution in [0.2, 0.25) is 0 Å². The molecular weight excluding hydrogens is 406 g/mol. The number of hydrogen-bond donors (Lipinski definition) is 3. The molecule has 0 atom stereocenters. The average molecular weight is 426 g/mol. The van der Waals surface area contributed by atoms with E-state index in [1.807, 2.05) is 25.1 Å². The minimum absolute atomic E-state index is 0. The predicted octanol–water partition coefficient (Wildman–Crippen LogP) is 4.20. The molecule has 154 valence electrons. The van der Waals surface area contributed by atoms with E-state index in [1.165, 1.54) is 12.1 Å².